The van der Waals surface area contributed by atoms with E-state index in [1.54, 1.807) is 18.4 Å². The number of rotatable bonds is 8. The average Bonchev–Trinajstić information content (AvgIpc) is 3.34. The molecule has 0 unspecified atom stereocenters. The lowest BCUT2D eigenvalue weighted by molar-refractivity contribution is -0.119. The fourth-order valence-corrected chi connectivity index (χ4v) is 3.56. The van der Waals surface area contributed by atoms with Gasteiger partial charge in [-0.2, -0.15) is 0 Å². The zero-order chi connectivity index (χ0) is 20.1. The van der Waals surface area contributed by atoms with E-state index < -0.39 is 0 Å². The molecule has 1 amide bonds. The number of hydrogen-bond acceptors (Lipinski definition) is 6. The van der Waals surface area contributed by atoms with Gasteiger partial charge in [0, 0.05) is 0 Å². The molecule has 0 aliphatic carbocycles. The van der Waals surface area contributed by atoms with Crippen LogP contribution in [0.1, 0.15) is 37.9 Å². The number of carbonyl (C=O) groups is 1. The van der Waals surface area contributed by atoms with Crippen molar-refractivity contribution in [2.75, 3.05) is 11.6 Å². The molecule has 8 heteroatoms. The van der Waals surface area contributed by atoms with E-state index >= 15 is 0 Å². The molecule has 7 nitrogen and oxygen atoms in total. The molecule has 0 bridgehead atoms. The van der Waals surface area contributed by atoms with Crippen LogP contribution in [0.3, 0.4) is 0 Å². The molecule has 2 aromatic heterocycles. The predicted molar refractivity (Wildman–Crippen MR) is 110 cm³/mol. The standard InChI is InChI=1S/C20H25N5O2S/c1-4-14-7-9-15(10-8-14)18(13(2)3)22-17(26)12-28-20-24-23-19(25(20)21)16-6-5-11-27-16/h5-11,13,18H,4,12,21H2,1-3H3,(H,22,26)/t18-/m1/s1. The van der Waals surface area contributed by atoms with Crippen molar-refractivity contribution in [1.82, 2.24) is 20.2 Å². The minimum atomic E-state index is -0.0779. The van der Waals surface area contributed by atoms with E-state index in [1.165, 1.54) is 22.0 Å². The Hall–Kier alpha value is -2.74. The van der Waals surface area contributed by atoms with Crippen molar-refractivity contribution in [3.63, 3.8) is 0 Å². The van der Waals surface area contributed by atoms with Crippen molar-refractivity contribution in [2.45, 2.75) is 38.4 Å². The fourth-order valence-electron chi connectivity index (χ4n) is 2.89. The molecule has 28 heavy (non-hydrogen) atoms. The Bertz CT molecular complexity index is 903. The summed E-state index contributed by atoms with van der Waals surface area (Å²) in [6.07, 6.45) is 2.54. The molecule has 0 radical (unpaired) electrons. The molecular formula is C20H25N5O2S. The van der Waals surface area contributed by atoms with Crippen LogP contribution >= 0.6 is 11.8 Å². The van der Waals surface area contributed by atoms with Gasteiger partial charge in [0.15, 0.2) is 5.76 Å². The van der Waals surface area contributed by atoms with Gasteiger partial charge in [0.05, 0.1) is 18.1 Å². The Morgan fingerprint density at radius 1 is 1.25 bits per heavy atom. The summed E-state index contributed by atoms with van der Waals surface area (Å²) in [5, 5.41) is 11.6. The fraction of sp³-hybridized carbons (Fsp3) is 0.350. The molecule has 0 aliphatic heterocycles. The monoisotopic (exact) mass is 399 g/mol. The second-order valence-electron chi connectivity index (χ2n) is 6.83. The van der Waals surface area contributed by atoms with Crippen molar-refractivity contribution in [2.24, 2.45) is 5.92 Å². The van der Waals surface area contributed by atoms with Gasteiger partial charge in [-0.05, 0) is 35.6 Å². The van der Waals surface area contributed by atoms with E-state index in [1.807, 2.05) is 0 Å². The van der Waals surface area contributed by atoms with Gasteiger partial charge in [0.1, 0.15) is 0 Å². The minimum absolute atomic E-state index is 0.0477. The van der Waals surface area contributed by atoms with Gasteiger partial charge in [-0.15, -0.1) is 10.2 Å². The summed E-state index contributed by atoms with van der Waals surface area (Å²) in [5.74, 6) is 7.37. The largest absolute Gasteiger partial charge is 0.461 e. The van der Waals surface area contributed by atoms with Crippen molar-refractivity contribution < 1.29 is 9.21 Å². The molecule has 0 saturated heterocycles. The van der Waals surface area contributed by atoms with Crippen molar-refractivity contribution in [3.8, 4) is 11.6 Å². The van der Waals surface area contributed by atoms with Gasteiger partial charge in [0.25, 0.3) is 0 Å². The number of nitrogens with zero attached hydrogens (tertiary/aromatic N) is 3. The van der Waals surface area contributed by atoms with Crippen molar-refractivity contribution >= 4 is 17.7 Å². The van der Waals surface area contributed by atoms with Crippen LogP contribution < -0.4 is 11.2 Å². The Kier molecular flexibility index (Phi) is 6.41. The molecule has 2 heterocycles. The topological polar surface area (TPSA) is 99.0 Å². The van der Waals surface area contributed by atoms with E-state index in [0.29, 0.717) is 16.7 Å². The normalized spacial score (nSPS) is 12.3. The third kappa shape index (κ3) is 4.56. The van der Waals surface area contributed by atoms with Gasteiger partial charge in [-0.3, -0.25) is 4.79 Å². The van der Waals surface area contributed by atoms with Gasteiger partial charge >= 0.3 is 0 Å². The number of nitrogen functional groups attached to an aromatic ring is 1. The molecule has 0 saturated carbocycles. The molecule has 3 rings (SSSR count). The molecule has 148 valence electrons. The van der Waals surface area contributed by atoms with E-state index in [4.69, 9.17) is 10.3 Å². The predicted octanol–water partition coefficient (Wildman–Crippen LogP) is 3.42. The highest BCUT2D eigenvalue weighted by Gasteiger charge is 2.20. The first kappa shape index (κ1) is 20.0. The Labute approximate surface area is 168 Å². The number of carbonyl (C=O) groups excluding carboxylic acids is 1. The summed E-state index contributed by atoms with van der Waals surface area (Å²) < 4.78 is 6.63. The van der Waals surface area contributed by atoms with Crippen LogP contribution in [0.25, 0.3) is 11.6 Å². The summed E-state index contributed by atoms with van der Waals surface area (Å²) in [6.45, 7) is 6.32. The molecule has 3 aromatic rings. The number of nitrogens with one attached hydrogen (secondary N) is 1. The van der Waals surface area contributed by atoms with E-state index in [2.05, 4.69) is 60.6 Å². The summed E-state index contributed by atoms with van der Waals surface area (Å²) in [7, 11) is 0. The lowest BCUT2D eigenvalue weighted by Crippen LogP contribution is -2.33. The number of nitrogens with two attached hydrogens (primary N) is 1. The number of amides is 1. The molecule has 0 aliphatic rings. The summed E-state index contributed by atoms with van der Waals surface area (Å²) >= 11 is 1.24. The van der Waals surface area contributed by atoms with Gasteiger partial charge < -0.3 is 15.6 Å². The zero-order valence-corrected chi connectivity index (χ0v) is 17.1. The second kappa shape index (κ2) is 8.97. The molecule has 0 fully saturated rings. The molecule has 3 N–H and O–H groups in total. The number of thioether (sulfide) groups is 1. The molecule has 1 aromatic carbocycles. The Morgan fingerprint density at radius 3 is 2.61 bits per heavy atom. The van der Waals surface area contributed by atoms with Crippen LogP contribution in [0.4, 0.5) is 0 Å². The maximum Gasteiger partial charge on any atom is 0.230 e. The van der Waals surface area contributed by atoms with Crippen LogP contribution in [0.5, 0.6) is 0 Å². The highest BCUT2D eigenvalue weighted by Crippen LogP contribution is 2.24. The zero-order valence-electron chi connectivity index (χ0n) is 16.3. The van der Waals surface area contributed by atoms with Crippen molar-refractivity contribution in [1.29, 1.82) is 0 Å². The van der Waals surface area contributed by atoms with Gasteiger partial charge in [-0.25, -0.2) is 4.68 Å². The third-order valence-corrected chi connectivity index (χ3v) is 5.41. The number of furan rings is 1. The third-order valence-electron chi connectivity index (χ3n) is 4.47. The lowest BCUT2D eigenvalue weighted by atomic mass is 9.95. The van der Waals surface area contributed by atoms with Crippen LogP contribution in [0.15, 0.2) is 52.2 Å². The van der Waals surface area contributed by atoms with Gasteiger partial charge in [-0.1, -0.05) is 56.8 Å². The smallest absolute Gasteiger partial charge is 0.230 e. The quantitative estimate of drug-likeness (QED) is 0.445. The second-order valence-corrected chi connectivity index (χ2v) is 7.77. The Morgan fingerprint density at radius 2 is 2.00 bits per heavy atom. The van der Waals surface area contributed by atoms with Crippen LogP contribution in [-0.4, -0.2) is 26.5 Å². The van der Waals surface area contributed by atoms with E-state index in [0.717, 1.165) is 12.0 Å². The first-order chi connectivity index (χ1) is 13.5. The van der Waals surface area contributed by atoms with Crippen LogP contribution in [-0.2, 0) is 11.2 Å². The first-order valence-electron chi connectivity index (χ1n) is 9.25. The maximum atomic E-state index is 12.5. The highest BCUT2D eigenvalue weighted by atomic mass is 32.2. The van der Waals surface area contributed by atoms with Crippen LogP contribution in [0.2, 0.25) is 0 Å². The maximum absolute atomic E-state index is 12.5. The number of aromatic nitrogens is 3. The Balaban J connectivity index is 1.62. The number of benzene rings is 1. The lowest BCUT2D eigenvalue weighted by Gasteiger charge is -2.23. The van der Waals surface area contributed by atoms with Gasteiger partial charge in [0.2, 0.25) is 16.9 Å². The number of hydrogen-bond donors (Lipinski definition) is 2. The molecular weight excluding hydrogens is 374 g/mol. The first-order valence-corrected chi connectivity index (χ1v) is 10.2. The highest BCUT2D eigenvalue weighted by molar-refractivity contribution is 7.99. The summed E-state index contributed by atoms with van der Waals surface area (Å²) in [6, 6.07) is 11.9. The summed E-state index contributed by atoms with van der Waals surface area (Å²) in [4.78, 5) is 12.5. The summed E-state index contributed by atoms with van der Waals surface area (Å²) in [5.41, 5.74) is 2.38. The molecule has 1 atom stereocenters. The number of aryl methyl sites for hydroxylation is 1. The van der Waals surface area contributed by atoms with E-state index in [9.17, 15) is 4.79 Å². The minimum Gasteiger partial charge on any atom is -0.461 e. The van der Waals surface area contributed by atoms with E-state index in [-0.39, 0.29) is 23.6 Å². The SMILES string of the molecule is CCc1ccc([C@H](NC(=O)CSc2nnc(-c3ccco3)n2N)C(C)C)cc1. The van der Waals surface area contributed by atoms with Crippen LogP contribution in [0, 0.1) is 5.92 Å². The average molecular weight is 400 g/mol. The molecule has 0 spiro atoms. The van der Waals surface area contributed by atoms with Crippen molar-refractivity contribution in [3.05, 3.63) is 53.8 Å².